The summed E-state index contributed by atoms with van der Waals surface area (Å²) in [7, 11) is 0. The Bertz CT molecular complexity index is 1040. The molecular formula is C23H23N3O3S. The van der Waals surface area contributed by atoms with Crippen LogP contribution in [0.25, 0.3) is 0 Å². The van der Waals surface area contributed by atoms with Crippen molar-refractivity contribution in [2.75, 3.05) is 31.6 Å². The molecule has 1 fully saturated rings. The van der Waals surface area contributed by atoms with Gasteiger partial charge in [0.05, 0.1) is 23.9 Å². The Kier molecular flexibility index (Phi) is 6.21. The van der Waals surface area contributed by atoms with Crippen LogP contribution in [0.1, 0.15) is 36.3 Å². The SMILES string of the molecule is Cc1nc(Cc2ccccc2)sc1C(=O)Nc1cccc(C(=O)N2CCOCC2)c1. The number of carbonyl (C=O) groups excluding carboxylic acids is 2. The molecule has 2 amide bonds. The Hall–Kier alpha value is -3.03. The second kappa shape index (κ2) is 9.19. The van der Waals surface area contributed by atoms with Gasteiger partial charge in [-0.25, -0.2) is 4.98 Å². The maximum absolute atomic E-state index is 12.8. The molecule has 1 aliphatic rings. The van der Waals surface area contributed by atoms with Gasteiger partial charge in [-0.15, -0.1) is 11.3 Å². The van der Waals surface area contributed by atoms with Crippen LogP contribution in [-0.4, -0.2) is 48.0 Å². The van der Waals surface area contributed by atoms with Gasteiger partial charge in [-0.3, -0.25) is 9.59 Å². The monoisotopic (exact) mass is 421 g/mol. The summed E-state index contributed by atoms with van der Waals surface area (Å²) in [6.07, 6.45) is 0.698. The molecule has 7 heteroatoms. The maximum Gasteiger partial charge on any atom is 0.267 e. The Morgan fingerprint density at radius 3 is 2.63 bits per heavy atom. The Labute approximate surface area is 179 Å². The number of thiazole rings is 1. The summed E-state index contributed by atoms with van der Waals surface area (Å²) in [4.78, 5) is 32.4. The third kappa shape index (κ3) is 4.75. The van der Waals surface area contributed by atoms with Crippen molar-refractivity contribution in [3.05, 3.63) is 81.3 Å². The van der Waals surface area contributed by atoms with Gasteiger partial charge in [0.15, 0.2) is 0 Å². The summed E-state index contributed by atoms with van der Waals surface area (Å²) in [6.45, 7) is 4.12. The number of carbonyl (C=O) groups is 2. The normalized spacial score (nSPS) is 13.8. The highest BCUT2D eigenvalue weighted by Gasteiger charge is 2.20. The van der Waals surface area contributed by atoms with E-state index in [9.17, 15) is 9.59 Å². The van der Waals surface area contributed by atoms with Crippen molar-refractivity contribution in [1.29, 1.82) is 0 Å². The number of ether oxygens (including phenoxy) is 1. The van der Waals surface area contributed by atoms with Gasteiger partial charge in [-0.05, 0) is 30.7 Å². The number of nitrogens with zero attached hydrogens (tertiary/aromatic N) is 2. The number of amides is 2. The quantitative estimate of drug-likeness (QED) is 0.681. The minimum Gasteiger partial charge on any atom is -0.378 e. The fourth-order valence-electron chi connectivity index (χ4n) is 3.38. The largest absolute Gasteiger partial charge is 0.378 e. The van der Waals surface area contributed by atoms with Crippen LogP contribution in [0.3, 0.4) is 0 Å². The topological polar surface area (TPSA) is 71.5 Å². The number of anilines is 1. The molecule has 0 unspecified atom stereocenters. The fraction of sp³-hybridized carbons (Fsp3) is 0.261. The molecule has 0 saturated carbocycles. The van der Waals surface area contributed by atoms with Crippen LogP contribution in [0, 0.1) is 6.92 Å². The lowest BCUT2D eigenvalue weighted by Crippen LogP contribution is -2.40. The van der Waals surface area contributed by atoms with Gasteiger partial charge in [-0.1, -0.05) is 36.4 Å². The van der Waals surface area contributed by atoms with Crippen LogP contribution in [0.15, 0.2) is 54.6 Å². The third-order valence-electron chi connectivity index (χ3n) is 4.91. The molecule has 0 atom stereocenters. The highest BCUT2D eigenvalue weighted by Crippen LogP contribution is 2.23. The van der Waals surface area contributed by atoms with Crippen LogP contribution in [0.2, 0.25) is 0 Å². The second-order valence-electron chi connectivity index (χ2n) is 7.12. The first-order valence-electron chi connectivity index (χ1n) is 9.89. The first-order chi connectivity index (χ1) is 14.6. The summed E-state index contributed by atoms with van der Waals surface area (Å²) in [5.41, 5.74) is 3.02. The zero-order valence-electron chi connectivity index (χ0n) is 16.8. The number of benzene rings is 2. The molecule has 1 aliphatic heterocycles. The number of nitrogens with one attached hydrogen (secondary N) is 1. The number of hydrogen-bond donors (Lipinski definition) is 1. The van der Waals surface area contributed by atoms with Gasteiger partial charge in [0.1, 0.15) is 4.88 Å². The molecule has 154 valence electrons. The van der Waals surface area contributed by atoms with Gasteiger partial charge in [0.2, 0.25) is 0 Å². The molecule has 0 aliphatic carbocycles. The lowest BCUT2D eigenvalue weighted by molar-refractivity contribution is 0.0303. The molecule has 2 heterocycles. The van der Waals surface area contributed by atoms with E-state index >= 15 is 0 Å². The highest BCUT2D eigenvalue weighted by molar-refractivity contribution is 7.14. The van der Waals surface area contributed by atoms with E-state index in [1.807, 2.05) is 37.3 Å². The molecule has 3 aromatic rings. The number of aromatic nitrogens is 1. The van der Waals surface area contributed by atoms with E-state index in [-0.39, 0.29) is 11.8 Å². The molecule has 30 heavy (non-hydrogen) atoms. The van der Waals surface area contributed by atoms with Gasteiger partial charge in [-0.2, -0.15) is 0 Å². The van der Waals surface area contributed by atoms with E-state index < -0.39 is 0 Å². The van der Waals surface area contributed by atoms with Crippen LogP contribution in [0.4, 0.5) is 5.69 Å². The van der Waals surface area contributed by atoms with E-state index in [4.69, 9.17) is 4.74 Å². The van der Waals surface area contributed by atoms with Gasteiger partial charge >= 0.3 is 0 Å². The Balaban J connectivity index is 1.45. The van der Waals surface area contributed by atoms with Crippen molar-refractivity contribution in [3.8, 4) is 0 Å². The van der Waals surface area contributed by atoms with E-state index in [1.165, 1.54) is 11.3 Å². The molecule has 1 aromatic heterocycles. The van der Waals surface area contributed by atoms with Crippen molar-refractivity contribution in [1.82, 2.24) is 9.88 Å². The summed E-state index contributed by atoms with van der Waals surface area (Å²) < 4.78 is 5.31. The number of rotatable bonds is 5. The average Bonchev–Trinajstić information content (AvgIpc) is 3.15. The first kappa shape index (κ1) is 20.3. The van der Waals surface area contributed by atoms with Crippen LogP contribution >= 0.6 is 11.3 Å². The minimum absolute atomic E-state index is 0.0477. The molecule has 0 spiro atoms. The lowest BCUT2D eigenvalue weighted by Gasteiger charge is -2.27. The summed E-state index contributed by atoms with van der Waals surface area (Å²) >= 11 is 1.40. The molecular weight excluding hydrogens is 398 g/mol. The van der Waals surface area contributed by atoms with Crippen LogP contribution in [-0.2, 0) is 11.2 Å². The van der Waals surface area contributed by atoms with Crippen molar-refractivity contribution in [2.24, 2.45) is 0 Å². The zero-order valence-corrected chi connectivity index (χ0v) is 17.6. The van der Waals surface area contributed by atoms with E-state index in [1.54, 1.807) is 29.2 Å². The number of morpholine rings is 1. The summed E-state index contributed by atoms with van der Waals surface area (Å²) in [5, 5.41) is 3.81. The zero-order chi connectivity index (χ0) is 20.9. The third-order valence-corrected chi connectivity index (χ3v) is 6.07. The Morgan fingerprint density at radius 2 is 1.87 bits per heavy atom. The van der Waals surface area contributed by atoms with E-state index in [0.717, 1.165) is 10.6 Å². The summed E-state index contributed by atoms with van der Waals surface area (Å²) in [5.74, 6) is -0.256. The predicted octanol–water partition coefficient (Wildman–Crippen LogP) is 3.77. The second-order valence-corrected chi connectivity index (χ2v) is 8.21. The maximum atomic E-state index is 12.8. The summed E-state index contributed by atoms with van der Waals surface area (Å²) in [6, 6.07) is 17.1. The number of hydrogen-bond acceptors (Lipinski definition) is 5. The van der Waals surface area contributed by atoms with Crippen LogP contribution < -0.4 is 5.32 Å². The molecule has 1 N–H and O–H groups in total. The Morgan fingerprint density at radius 1 is 1.10 bits per heavy atom. The van der Waals surface area contributed by atoms with Crippen molar-refractivity contribution >= 4 is 28.8 Å². The molecule has 1 saturated heterocycles. The predicted molar refractivity (Wildman–Crippen MR) is 117 cm³/mol. The van der Waals surface area contributed by atoms with Gasteiger partial charge in [0, 0.05) is 30.8 Å². The first-order valence-corrected chi connectivity index (χ1v) is 10.7. The highest BCUT2D eigenvalue weighted by atomic mass is 32.1. The lowest BCUT2D eigenvalue weighted by atomic mass is 10.1. The van der Waals surface area contributed by atoms with Gasteiger partial charge in [0.25, 0.3) is 11.8 Å². The van der Waals surface area contributed by atoms with E-state index in [2.05, 4.69) is 10.3 Å². The molecule has 0 bridgehead atoms. The number of aryl methyl sites for hydroxylation is 1. The standard InChI is InChI=1S/C23H23N3O3S/c1-16-21(30-20(24-16)14-17-6-3-2-4-7-17)22(27)25-19-9-5-8-18(15-19)23(28)26-10-12-29-13-11-26/h2-9,15H,10-14H2,1H3,(H,25,27). The molecule has 4 rings (SSSR count). The average molecular weight is 422 g/mol. The fourth-order valence-corrected chi connectivity index (χ4v) is 4.37. The molecule has 6 nitrogen and oxygen atoms in total. The smallest absolute Gasteiger partial charge is 0.267 e. The van der Waals surface area contributed by atoms with Crippen molar-refractivity contribution < 1.29 is 14.3 Å². The minimum atomic E-state index is -0.208. The van der Waals surface area contributed by atoms with E-state index in [0.29, 0.717) is 54.5 Å². The van der Waals surface area contributed by atoms with Crippen molar-refractivity contribution in [3.63, 3.8) is 0 Å². The van der Waals surface area contributed by atoms with Crippen LogP contribution in [0.5, 0.6) is 0 Å². The molecule has 0 radical (unpaired) electrons. The van der Waals surface area contributed by atoms with Gasteiger partial charge < -0.3 is 15.0 Å². The van der Waals surface area contributed by atoms with Crippen molar-refractivity contribution in [2.45, 2.75) is 13.3 Å². The molecule has 2 aromatic carbocycles.